The Balaban J connectivity index is 2.16. The lowest BCUT2D eigenvalue weighted by atomic mass is 10.1. The number of aromatic nitrogens is 1. The second-order valence-electron chi connectivity index (χ2n) is 3.50. The van der Waals surface area contributed by atoms with E-state index in [9.17, 15) is 0 Å². The van der Waals surface area contributed by atoms with Gasteiger partial charge in [-0.25, -0.2) is 4.98 Å². The van der Waals surface area contributed by atoms with Gasteiger partial charge in [0.2, 0.25) is 0 Å². The molecule has 4 heteroatoms. The Bertz CT molecular complexity index is 523. The first-order valence-corrected chi connectivity index (χ1v) is 6.03. The molecule has 1 heterocycles. The monoisotopic (exact) mass is 289 g/mol. The minimum atomic E-state index is 0.735. The van der Waals surface area contributed by atoms with Gasteiger partial charge in [0.15, 0.2) is 0 Å². The first-order valence-electron chi connectivity index (χ1n) is 5.23. The average molecular weight is 290 g/mol. The third-order valence-corrected chi connectivity index (χ3v) is 2.96. The normalized spacial score (nSPS) is 11.3. The topological polar surface area (TPSA) is 37.3 Å². The van der Waals surface area contributed by atoms with Crippen LogP contribution in [-0.2, 0) is 0 Å². The molecule has 0 radical (unpaired) electrons. The molecular weight excluding hydrogens is 278 g/mol. The second-order valence-corrected chi connectivity index (χ2v) is 4.36. The first-order chi connectivity index (χ1) is 8.27. The molecule has 1 aromatic heterocycles. The molecule has 0 unspecified atom stereocenters. The number of hydrogen-bond donors (Lipinski definition) is 1. The quantitative estimate of drug-likeness (QED) is 0.691. The molecule has 0 saturated heterocycles. The van der Waals surface area contributed by atoms with E-state index >= 15 is 0 Å². The molecule has 86 valence electrons. The first kappa shape index (κ1) is 11.8. The van der Waals surface area contributed by atoms with Crippen LogP contribution in [0, 0.1) is 0 Å². The summed E-state index contributed by atoms with van der Waals surface area (Å²) >= 11 is 3.50. The van der Waals surface area contributed by atoms with Crippen LogP contribution in [0.4, 0.5) is 5.82 Å². The summed E-state index contributed by atoms with van der Waals surface area (Å²) in [6.45, 7) is 1.95. The van der Waals surface area contributed by atoms with Gasteiger partial charge in [-0.3, -0.25) is 5.43 Å². The molecule has 0 saturated carbocycles. The Morgan fingerprint density at radius 2 is 1.94 bits per heavy atom. The van der Waals surface area contributed by atoms with Crippen LogP contribution in [0.25, 0.3) is 0 Å². The standard InChI is InChI=1S/C13H12BrN3/c1-10(11-6-2-3-7-12(11)14)16-17-13-8-4-5-9-15-13/h2-9H,1H3,(H,15,17)/b16-10-. The summed E-state index contributed by atoms with van der Waals surface area (Å²) in [7, 11) is 0. The molecule has 0 aliphatic rings. The summed E-state index contributed by atoms with van der Waals surface area (Å²) in [5.41, 5.74) is 4.90. The SMILES string of the molecule is C/C(=N/Nc1ccccn1)c1ccccc1Br. The van der Waals surface area contributed by atoms with Crippen molar-refractivity contribution in [2.24, 2.45) is 5.10 Å². The number of benzene rings is 1. The maximum Gasteiger partial charge on any atom is 0.146 e. The molecule has 3 nitrogen and oxygen atoms in total. The van der Waals surface area contributed by atoms with Gasteiger partial charge in [-0.1, -0.05) is 40.2 Å². The van der Waals surface area contributed by atoms with Crippen molar-refractivity contribution < 1.29 is 0 Å². The molecule has 17 heavy (non-hydrogen) atoms. The van der Waals surface area contributed by atoms with Gasteiger partial charge in [-0.2, -0.15) is 5.10 Å². The molecule has 0 fully saturated rings. The molecule has 0 amide bonds. The summed E-state index contributed by atoms with van der Waals surface area (Å²) in [4.78, 5) is 4.14. The van der Waals surface area contributed by atoms with Gasteiger partial charge in [0.25, 0.3) is 0 Å². The highest BCUT2D eigenvalue weighted by Crippen LogP contribution is 2.16. The maximum atomic E-state index is 4.30. The van der Waals surface area contributed by atoms with Crippen LogP contribution in [0.3, 0.4) is 0 Å². The highest BCUT2D eigenvalue weighted by atomic mass is 79.9. The van der Waals surface area contributed by atoms with Crippen molar-refractivity contribution in [3.63, 3.8) is 0 Å². The lowest BCUT2D eigenvalue weighted by Gasteiger charge is -2.04. The minimum absolute atomic E-state index is 0.735. The predicted molar refractivity (Wildman–Crippen MR) is 74.2 cm³/mol. The van der Waals surface area contributed by atoms with E-state index in [1.807, 2.05) is 49.4 Å². The van der Waals surface area contributed by atoms with Crippen molar-refractivity contribution in [1.82, 2.24) is 4.98 Å². The van der Waals surface area contributed by atoms with E-state index < -0.39 is 0 Å². The van der Waals surface area contributed by atoms with Crippen LogP contribution < -0.4 is 5.43 Å². The summed E-state index contributed by atoms with van der Waals surface area (Å²) in [5, 5.41) is 4.30. The fourth-order valence-electron chi connectivity index (χ4n) is 1.38. The third-order valence-electron chi connectivity index (χ3n) is 2.27. The van der Waals surface area contributed by atoms with Gasteiger partial charge in [-0.05, 0) is 25.1 Å². The number of anilines is 1. The molecule has 0 spiro atoms. The third kappa shape index (κ3) is 3.14. The zero-order chi connectivity index (χ0) is 12.1. The molecule has 0 bridgehead atoms. The largest absolute Gasteiger partial charge is 0.261 e. The van der Waals surface area contributed by atoms with E-state index in [0.29, 0.717) is 0 Å². The lowest BCUT2D eigenvalue weighted by molar-refractivity contribution is 1.22. The molecular formula is C13H12BrN3. The van der Waals surface area contributed by atoms with E-state index in [1.54, 1.807) is 6.20 Å². The van der Waals surface area contributed by atoms with Gasteiger partial charge < -0.3 is 0 Å². The van der Waals surface area contributed by atoms with Gasteiger partial charge in [0.05, 0.1) is 5.71 Å². The molecule has 0 aliphatic heterocycles. The highest BCUT2D eigenvalue weighted by Gasteiger charge is 2.01. The van der Waals surface area contributed by atoms with E-state index in [1.165, 1.54) is 0 Å². The number of nitrogens with zero attached hydrogens (tertiary/aromatic N) is 2. The average Bonchev–Trinajstić information content (AvgIpc) is 2.38. The zero-order valence-electron chi connectivity index (χ0n) is 9.39. The van der Waals surface area contributed by atoms with Crippen LogP contribution in [0.2, 0.25) is 0 Å². The van der Waals surface area contributed by atoms with E-state index in [4.69, 9.17) is 0 Å². The van der Waals surface area contributed by atoms with Gasteiger partial charge >= 0.3 is 0 Å². The van der Waals surface area contributed by atoms with Crippen LogP contribution in [0.15, 0.2) is 58.2 Å². The minimum Gasteiger partial charge on any atom is -0.261 e. The number of hydrogen-bond acceptors (Lipinski definition) is 3. The van der Waals surface area contributed by atoms with Gasteiger partial charge in [0.1, 0.15) is 5.82 Å². The number of rotatable bonds is 3. The van der Waals surface area contributed by atoms with E-state index in [-0.39, 0.29) is 0 Å². The Kier molecular flexibility index (Phi) is 3.88. The molecule has 2 rings (SSSR count). The van der Waals surface area contributed by atoms with Crippen LogP contribution >= 0.6 is 15.9 Å². The fraction of sp³-hybridized carbons (Fsp3) is 0.0769. The molecule has 0 aliphatic carbocycles. The van der Waals surface area contributed by atoms with Crippen LogP contribution in [0.1, 0.15) is 12.5 Å². The molecule has 1 N–H and O–H groups in total. The lowest BCUT2D eigenvalue weighted by Crippen LogP contribution is -2.01. The van der Waals surface area contributed by atoms with E-state index in [0.717, 1.165) is 21.6 Å². The molecule has 2 aromatic rings. The number of pyridine rings is 1. The van der Waals surface area contributed by atoms with Crippen LogP contribution in [-0.4, -0.2) is 10.7 Å². The number of halogens is 1. The van der Waals surface area contributed by atoms with Gasteiger partial charge in [0, 0.05) is 16.2 Å². The van der Waals surface area contributed by atoms with Crippen molar-refractivity contribution in [3.8, 4) is 0 Å². The van der Waals surface area contributed by atoms with Crippen molar-refractivity contribution >= 4 is 27.5 Å². The predicted octanol–water partition coefficient (Wildman–Crippen LogP) is 3.68. The summed E-state index contributed by atoms with van der Waals surface area (Å²) in [6.07, 6.45) is 1.73. The fourth-order valence-corrected chi connectivity index (χ4v) is 1.96. The van der Waals surface area contributed by atoms with Crippen LogP contribution in [0.5, 0.6) is 0 Å². The smallest absolute Gasteiger partial charge is 0.146 e. The molecule has 0 atom stereocenters. The summed E-state index contributed by atoms with van der Waals surface area (Å²) in [5.74, 6) is 0.735. The molecule has 1 aromatic carbocycles. The maximum absolute atomic E-state index is 4.30. The van der Waals surface area contributed by atoms with Crippen molar-refractivity contribution in [3.05, 3.63) is 58.7 Å². The van der Waals surface area contributed by atoms with Crippen molar-refractivity contribution in [2.45, 2.75) is 6.92 Å². The Labute approximate surface area is 109 Å². The Morgan fingerprint density at radius 3 is 2.65 bits per heavy atom. The van der Waals surface area contributed by atoms with Crippen molar-refractivity contribution in [1.29, 1.82) is 0 Å². The van der Waals surface area contributed by atoms with Gasteiger partial charge in [-0.15, -0.1) is 0 Å². The Morgan fingerprint density at radius 1 is 1.18 bits per heavy atom. The zero-order valence-corrected chi connectivity index (χ0v) is 11.0. The summed E-state index contributed by atoms with van der Waals surface area (Å²) in [6, 6.07) is 13.6. The Hall–Kier alpha value is -1.68. The number of hydrazone groups is 1. The highest BCUT2D eigenvalue weighted by molar-refractivity contribution is 9.10. The van der Waals surface area contributed by atoms with E-state index in [2.05, 4.69) is 31.4 Å². The summed E-state index contributed by atoms with van der Waals surface area (Å²) < 4.78 is 1.03. The second kappa shape index (κ2) is 5.59. The number of nitrogens with one attached hydrogen (secondary N) is 1. The van der Waals surface area contributed by atoms with Crippen molar-refractivity contribution in [2.75, 3.05) is 5.43 Å².